The number of ether oxygens (including phenoxy) is 1. The van der Waals surface area contributed by atoms with Gasteiger partial charge in [0.1, 0.15) is 5.82 Å². The Bertz CT molecular complexity index is 1200. The van der Waals surface area contributed by atoms with Gasteiger partial charge in [0.2, 0.25) is 5.82 Å². The molecule has 5 rings (SSSR count). The van der Waals surface area contributed by atoms with Crippen LogP contribution in [0.3, 0.4) is 0 Å². The van der Waals surface area contributed by atoms with Crippen LogP contribution < -0.4 is 5.32 Å². The van der Waals surface area contributed by atoms with Gasteiger partial charge in [-0.1, -0.05) is 41.1 Å². The zero-order valence-corrected chi connectivity index (χ0v) is 18.5. The van der Waals surface area contributed by atoms with E-state index in [1.807, 2.05) is 38.1 Å². The second kappa shape index (κ2) is 8.78. The SMILES string of the molecule is CC1=C(c2nc(-c3cccc(C)c3)no2)C(c2ccc(F)cc2)NC(=O)N1CC1CCCO1. The molecule has 2 amide bonds. The van der Waals surface area contributed by atoms with E-state index in [1.165, 1.54) is 12.1 Å². The van der Waals surface area contributed by atoms with Crippen molar-refractivity contribution in [1.82, 2.24) is 20.4 Å². The Labute approximate surface area is 191 Å². The first kappa shape index (κ1) is 21.3. The maximum Gasteiger partial charge on any atom is 0.322 e. The largest absolute Gasteiger partial charge is 0.376 e. The van der Waals surface area contributed by atoms with Gasteiger partial charge in [0, 0.05) is 17.9 Å². The molecular formula is C25H25FN4O3. The highest BCUT2D eigenvalue weighted by Crippen LogP contribution is 2.37. The van der Waals surface area contributed by atoms with Gasteiger partial charge in [-0.15, -0.1) is 0 Å². The highest BCUT2D eigenvalue weighted by Gasteiger charge is 2.37. The first-order chi connectivity index (χ1) is 16.0. The Kier molecular flexibility index (Phi) is 5.68. The first-order valence-electron chi connectivity index (χ1n) is 11.1. The molecule has 3 heterocycles. The van der Waals surface area contributed by atoms with Crippen molar-refractivity contribution in [2.45, 2.75) is 38.8 Å². The van der Waals surface area contributed by atoms with Crippen molar-refractivity contribution in [1.29, 1.82) is 0 Å². The number of urea groups is 1. The number of rotatable bonds is 5. The number of carbonyl (C=O) groups is 1. The van der Waals surface area contributed by atoms with Crippen molar-refractivity contribution in [3.8, 4) is 11.4 Å². The second-order valence-corrected chi connectivity index (χ2v) is 8.47. The Morgan fingerprint density at radius 3 is 2.73 bits per heavy atom. The summed E-state index contributed by atoms with van der Waals surface area (Å²) in [7, 11) is 0. The van der Waals surface area contributed by atoms with Gasteiger partial charge in [0.25, 0.3) is 5.89 Å². The van der Waals surface area contributed by atoms with Gasteiger partial charge >= 0.3 is 6.03 Å². The molecule has 2 aliphatic heterocycles. The van der Waals surface area contributed by atoms with Crippen LogP contribution in [0.5, 0.6) is 0 Å². The third-order valence-corrected chi connectivity index (χ3v) is 6.14. The predicted molar refractivity (Wildman–Crippen MR) is 120 cm³/mol. The number of aryl methyl sites for hydroxylation is 1. The summed E-state index contributed by atoms with van der Waals surface area (Å²) in [4.78, 5) is 19.4. The minimum absolute atomic E-state index is 0.0140. The van der Waals surface area contributed by atoms with Crippen LogP contribution >= 0.6 is 0 Å². The summed E-state index contributed by atoms with van der Waals surface area (Å²) in [6.07, 6.45) is 1.88. The summed E-state index contributed by atoms with van der Waals surface area (Å²) in [6, 6.07) is 13.1. The van der Waals surface area contributed by atoms with E-state index in [0.717, 1.165) is 29.5 Å². The number of nitrogens with one attached hydrogen (secondary N) is 1. The van der Waals surface area contributed by atoms with E-state index >= 15 is 0 Å². The molecule has 1 fully saturated rings. The quantitative estimate of drug-likeness (QED) is 0.603. The van der Waals surface area contributed by atoms with Crippen LogP contribution in [0.4, 0.5) is 9.18 Å². The number of carbonyl (C=O) groups excluding carboxylic acids is 1. The maximum atomic E-state index is 13.6. The molecule has 8 heteroatoms. The van der Waals surface area contributed by atoms with Gasteiger partial charge in [0.05, 0.1) is 24.3 Å². The zero-order chi connectivity index (χ0) is 22.9. The minimum Gasteiger partial charge on any atom is -0.376 e. The summed E-state index contributed by atoms with van der Waals surface area (Å²) in [5.41, 5.74) is 4.06. The average Bonchev–Trinajstić information content (AvgIpc) is 3.49. The molecule has 2 aliphatic rings. The van der Waals surface area contributed by atoms with Crippen molar-refractivity contribution >= 4 is 11.6 Å². The van der Waals surface area contributed by atoms with Crippen molar-refractivity contribution < 1.29 is 18.4 Å². The zero-order valence-electron chi connectivity index (χ0n) is 18.5. The number of hydrogen-bond acceptors (Lipinski definition) is 5. The molecule has 170 valence electrons. The molecule has 2 unspecified atom stereocenters. The average molecular weight is 448 g/mol. The van der Waals surface area contributed by atoms with E-state index in [2.05, 4.69) is 15.5 Å². The van der Waals surface area contributed by atoms with Gasteiger partial charge in [-0.25, -0.2) is 9.18 Å². The number of aromatic nitrogens is 2. The van der Waals surface area contributed by atoms with Crippen LogP contribution in [-0.4, -0.2) is 40.3 Å². The van der Waals surface area contributed by atoms with Gasteiger partial charge < -0.3 is 14.6 Å². The fourth-order valence-electron chi connectivity index (χ4n) is 4.41. The maximum absolute atomic E-state index is 13.6. The third-order valence-electron chi connectivity index (χ3n) is 6.14. The molecule has 1 N–H and O–H groups in total. The predicted octanol–water partition coefficient (Wildman–Crippen LogP) is 4.86. The van der Waals surface area contributed by atoms with Gasteiger partial charge in [-0.3, -0.25) is 4.90 Å². The molecule has 3 aromatic rings. The lowest BCUT2D eigenvalue weighted by molar-refractivity contribution is 0.0877. The van der Waals surface area contributed by atoms with Gasteiger partial charge in [0.15, 0.2) is 0 Å². The topological polar surface area (TPSA) is 80.5 Å². The molecule has 0 aliphatic carbocycles. The summed E-state index contributed by atoms with van der Waals surface area (Å²) >= 11 is 0. The van der Waals surface area contributed by atoms with Crippen LogP contribution in [0, 0.1) is 12.7 Å². The standard InChI is InChI=1S/C25H25FN4O3/c1-15-5-3-6-18(13-15)23-28-24(33-29-23)21-16(2)30(14-20-7-4-12-32-20)25(31)27-22(21)17-8-10-19(26)11-9-17/h3,5-6,8-11,13,20,22H,4,7,12,14H2,1-2H3,(H,27,31). The fraction of sp³-hybridized carbons (Fsp3) is 0.320. The number of hydrogen-bond donors (Lipinski definition) is 1. The third kappa shape index (κ3) is 4.26. The smallest absolute Gasteiger partial charge is 0.322 e. The molecule has 0 radical (unpaired) electrons. The molecule has 2 aromatic carbocycles. The van der Waals surface area contributed by atoms with Gasteiger partial charge in [-0.2, -0.15) is 4.98 Å². The molecule has 7 nitrogen and oxygen atoms in total. The molecule has 0 spiro atoms. The van der Waals surface area contributed by atoms with E-state index in [9.17, 15) is 9.18 Å². The lowest BCUT2D eigenvalue weighted by Crippen LogP contribution is -2.48. The van der Waals surface area contributed by atoms with Crippen LogP contribution in [0.15, 0.2) is 58.8 Å². The number of nitrogens with zero attached hydrogens (tertiary/aromatic N) is 3. The Morgan fingerprint density at radius 1 is 1.18 bits per heavy atom. The molecule has 1 aromatic heterocycles. The van der Waals surface area contributed by atoms with Crippen molar-refractivity contribution in [3.05, 3.63) is 77.1 Å². The highest BCUT2D eigenvalue weighted by molar-refractivity contribution is 5.87. The normalized spacial score (nSPS) is 20.9. The van der Waals surface area contributed by atoms with Crippen molar-refractivity contribution in [2.24, 2.45) is 0 Å². The fourth-order valence-corrected chi connectivity index (χ4v) is 4.41. The molecule has 0 saturated carbocycles. The molecule has 2 atom stereocenters. The lowest BCUT2D eigenvalue weighted by Gasteiger charge is -2.36. The Balaban J connectivity index is 1.57. The molecule has 1 saturated heterocycles. The minimum atomic E-state index is -0.551. The highest BCUT2D eigenvalue weighted by atomic mass is 19.1. The van der Waals surface area contributed by atoms with E-state index in [-0.39, 0.29) is 18.0 Å². The molecule has 0 bridgehead atoms. The summed E-state index contributed by atoms with van der Waals surface area (Å²) < 4.78 is 25.0. The summed E-state index contributed by atoms with van der Waals surface area (Å²) in [6.45, 7) is 5.02. The van der Waals surface area contributed by atoms with E-state index in [0.29, 0.717) is 36.1 Å². The molecule has 33 heavy (non-hydrogen) atoms. The van der Waals surface area contributed by atoms with Crippen LogP contribution in [0.2, 0.25) is 0 Å². The summed E-state index contributed by atoms with van der Waals surface area (Å²) in [5, 5.41) is 7.23. The Hall–Kier alpha value is -3.52. The van der Waals surface area contributed by atoms with E-state index in [4.69, 9.17) is 9.26 Å². The monoisotopic (exact) mass is 448 g/mol. The van der Waals surface area contributed by atoms with Crippen LogP contribution in [0.25, 0.3) is 17.0 Å². The lowest BCUT2D eigenvalue weighted by atomic mass is 9.94. The number of amides is 2. The first-order valence-corrected chi connectivity index (χ1v) is 11.1. The number of benzene rings is 2. The van der Waals surface area contributed by atoms with Crippen LogP contribution in [-0.2, 0) is 4.74 Å². The second-order valence-electron chi connectivity index (χ2n) is 8.47. The van der Waals surface area contributed by atoms with Crippen molar-refractivity contribution in [3.63, 3.8) is 0 Å². The molecular weight excluding hydrogens is 423 g/mol. The number of halogens is 1. The van der Waals surface area contributed by atoms with E-state index in [1.54, 1.807) is 17.0 Å². The van der Waals surface area contributed by atoms with Crippen LogP contribution in [0.1, 0.15) is 42.8 Å². The van der Waals surface area contributed by atoms with E-state index < -0.39 is 6.04 Å². The van der Waals surface area contributed by atoms with Gasteiger partial charge in [-0.05, 0) is 50.5 Å². The summed E-state index contributed by atoms with van der Waals surface area (Å²) in [5.74, 6) is 0.438. The number of allylic oxidation sites excluding steroid dienone is 1. The van der Waals surface area contributed by atoms with Crippen molar-refractivity contribution in [2.75, 3.05) is 13.2 Å². The Morgan fingerprint density at radius 2 is 2.00 bits per heavy atom.